The molecular formula is C15H17N3O2S. The van der Waals surface area contributed by atoms with E-state index in [4.69, 9.17) is 0 Å². The number of anilines is 1. The van der Waals surface area contributed by atoms with E-state index in [-0.39, 0.29) is 0 Å². The summed E-state index contributed by atoms with van der Waals surface area (Å²) >= 11 is 0. The summed E-state index contributed by atoms with van der Waals surface area (Å²) in [5.41, 5.74) is 3.81. The van der Waals surface area contributed by atoms with Crippen LogP contribution in [0.1, 0.15) is 12.5 Å². The molecule has 0 fully saturated rings. The summed E-state index contributed by atoms with van der Waals surface area (Å²) < 4.78 is 27.8. The van der Waals surface area contributed by atoms with Crippen molar-refractivity contribution in [3.8, 4) is 0 Å². The average molecular weight is 303 g/mol. The van der Waals surface area contributed by atoms with E-state index in [9.17, 15) is 8.42 Å². The lowest BCUT2D eigenvalue weighted by molar-refractivity contribution is 0.593. The van der Waals surface area contributed by atoms with E-state index >= 15 is 0 Å². The molecule has 0 spiro atoms. The molecule has 0 saturated heterocycles. The third-order valence-corrected chi connectivity index (χ3v) is 4.66. The molecule has 0 saturated carbocycles. The van der Waals surface area contributed by atoms with E-state index in [0.29, 0.717) is 5.69 Å². The Morgan fingerprint density at radius 3 is 2.67 bits per heavy atom. The molecule has 0 aliphatic rings. The van der Waals surface area contributed by atoms with Crippen molar-refractivity contribution in [2.24, 2.45) is 0 Å². The number of rotatable bonds is 4. The van der Waals surface area contributed by atoms with Gasteiger partial charge in [-0.25, -0.2) is 4.72 Å². The first-order valence-corrected chi connectivity index (χ1v) is 8.27. The fraction of sp³-hybridized carbons (Fsp3) is 0.200. The molecule has 0 aliphatic carbocycles. The second-order valence-electron chi connectivity index (χ2n) is 4.89. The smallest absolute Gasteiger partial charge is 0.298 e. The maximum absolute atomic E-state index is 11.5. The Balaban J connectivity index is 2.17. The van der Waals surface area contributed by atoms with E-state index in [0.717, 1.165) is 28.2 Å². The van der Waals surface area contributed by atoms with Crippen LogP contribution in [0.3, 0.4) is 0 Å². The molecule has 0 radical (unpaired) electrons. The number of aryl methyl sites for hydroxylation is 1. The van der Waals surface area contributed by atoms with Crippen molar-refractivity contribution in [3.63, 3.8) is 0 Å². The number of H-pyrrole nitrogens is 1. The molecule has 21 heavy (non-hydrogen) atoms. The number of nitrogens with one attached hydrogen (secondary N) is 3. The number of hydrogen-bond donors (Lipinski definition) is 3. The Morgan fingerprint density at radius 1 is 1.14 bits per heavy atom. The molecule has 1 aromatic heterocycles. The zero-order valence-electron chi connectivity index (χ0n) is 11.9. The Hall–Kier alpha value is -2.05. The average Bonchev–Trinajstić information content (AvgIpc) is 2.84. The summed E-state index contributed by atoms with van der Waals surface area (Å²) in [6.07, 6.45) is 0.948. The zero-order chi connectivity index (χ0) is 15.0. The predicted octanol–water partition coefficient (Wildman–Crippen LogP) is 2.76. The Morgan fingerprint density at radius 2 is 1.95 bits per heavy atom. The van der Waals surface area contributed by atoms with Crippen LogP contribution in [0.15, 0.2) is 36.4 Å². The number of benzene rings is 2. The molecule has 0 amide bonds. The number of fused-ring (bicyclic) bond motifs is 3. The van der Waals surface area contributed by atoms with Gasteiger partial charge in [0.15, 0.2) is 0 Å². The van der Waals surface area contributed by atoms with Gasteiger partial charge in [-0.3, -0.25) is 4.72 Å². The molecule has 110 valence electrons. The first-order chi connectivity index (χ1) is 10.0. The Labute approximate surface area is 123 Å². The minimum absolute atomic E-state index is 0.529. The molecule has 0 atom stereocenters. The molecule has 5 nitrogen and oxygen atoms in total. The molecule has 2 aromatic carbocycles. The Bertz CT molecular complexity index is 913. The van der Waals surface area contributed by atoms with E-state index < -0.39 is 10.2 Å². The second-order valence-corrected chi connectivity index (χ2v) is 6.51. The summed E-state index contributed by atoms with van der Waals surface area (Å²) in [5, 5.41) is 2.25. The molecule has 0 bridgehead atoms. The van der Waals surface area contributed by atoms with Crippen molar-refractivity contribution < 1.29 is 8.42 Å². The number of aromatic nitrogens is 1. The van der Waals surface area contributed by atoms with Crippen LogP contribution in [-0.2, 0) is 16.6 Å². The first kappa shape index (κ1) is 13.9. The van der Waals surface area contributed by atoms with Crippen LogP contribution in [0.4, 0.5) is 5.69 Å². The second kappa shape index (κ2) is 5.05. The van der Waals surface area contributed by atoms with Gasteiger partial charge < -0.3 is 4.98 Å². The molecule has 0 unspecified atom stereocenters. The lowest BCUT2D eigenvalue weighted by atomic mass is 10.1. The van der Waals surface area contributed by atoms with Crippen LogP contribution in [0.5, 0.6) is 0 Å². The minimum Gasteiger partial charge on any atom is -0.354 e. The van der Waals surface area contributed by atoms with Gasteiger partial charge in [0.2, 0.25) is 0 Å². The highest BCUT2D eigenvalue weighted by atomic mass is 32.2. The fourth-order valence-corrected chi connectivity index (χ4v) is 3.09. The van der Waals surface area contributed by atoms with Crippen LogP contribution < -0.4 is 9.44 Å². The van der Waals surface area contributed by atoms with Crippen molar-refractivity contribution in [2.75, 3.05) is 11.8 Å². The highest BCUT2D eigenvalue weighted by Crippen LogP contribution is 2.29. The lowest BCUT2D eigenvalue weighted by Crippen LogP contribution is -2.26. The number of aromatic amines is 1. The normalized spacial score (nSPS) is 12.1. The molecule has 1 heterocycles. The topological polar surface area (TPSA) is 74.0 Å². The van der Waals surface area contributed by atoms with Crippen molar-refractivity contribution in [1.29, 1.82) is 0 Å². The van der Waals surface area contributed by atoms with Gasteiger partial charge in [0.25, 0.3) is 10.2 Å². The fourth-order valence-electron chi connectivity index (χ4n) is 2.55. The predicted molar refractivity (Wildman–Crippen MR) is 86.8 cm³/mol. The van der Waals surface area contributed by atoms with E-state index in [1.807, 2.05) is 18.2 Å². The van der Waals surface area contributed by atoms with Crippen LogP contribution >= 0.6 is 0 Å². The summed E-state index contributed by atoms with van der Waals surface area (Å²) in [7, 11) is -2.13. The summed E-state index contributed by atoms with van der Waals surface area (Å²) in [6.45, 7) is 2.12. The van der Waals surface area contributed by atoms with Crippen LogP contribution in [0, 0.1) is 0 Å². The van der Waals surface area contributed by atoms with E-state index in [1.54, 1.807) is 6.07 Å². The van der Waals surface area contributed by atoms with Gasteiger partial charge in [-0.05, 0) is 24.1 Å². The van der Waals surface area contributed by atoms with Gasteiger partial charge in [-0.2, -0.15) is 8.42 Å². The van der Waals surface area contributed by atoms with Crippen LogP contribution in [0.25, 0.3) is 21.8 Å². The zero-order valence-corrected chi connectivity index (χ0v) is 12.7. The maximum atomic E-state index is 11.5. The summed E-state index contributed by atoms with van der Waals surface area (Å²) in [4.78, 5) is 3.39. The first-order valence-electron chi connectivity index (χ1n) is 6.78. The van der Waals surface area contributed by atoms with Crippen LogP contribution in [0.2, 0.25) is 0 Å². The van der Waals surface area contributed by atoms with E-state index in [2.05, 4.69) is 33.5 Å². The van der Waals surface area contributed by atoms with Crippen LogP contribution in [-0.4, -0.2) is 20.4 Å². The molecule has 3 N–H and O–H groups in total. The van der Waals surface area contributed by atoms with E-state index in [1.165, 1.54) is 12.6 Å². The highest BCUT2D eigenvalue weighted by Gasteiger charge is 2.10. The van der Waals surface area contributed by atoms with Gasteiger partial charge in [0, 0.05) is 28.9 Å². The monoisotopic (exact) mass is 303 g/mol. The van der Waals surface area contributed by atoms with Gasteiger partial charge in [0.1, 0.15) is 0 Å². The van der Waals surface area contributed by atoms with Gasteiger partial charge in [0.05, 0.1) is 5.69 Å². The summed E-state index contributed by atoms with van der Waals surface area (Å²) in [5.74, 6) is 0. The van der Waals surface area contributed by atoms with Crippen molar-refractivity contribution >= 4 is 37.7 Å². The third-order valence-electron chi connectivity index (χ3n) is 3.62. The third kappa shape index (κ3) is 2.48. The largest absolute Gasteiger partial charge is 0.354 e. The quantitative estimate of drug-likeness (QED) is 0.693. The van der Waals surface area contributed by atoms with Gasteiger partial charge >= 0.3 is 0 Å². The van der Waals surface area contributed by atoms with Crippen molar-refractivity contribution in [3.05, 3.63) is 42.0 Å². The Kier molecular flexibility index (Phi) is 3.35. The SMILES string of the molecule is CCc1cccc2c1[nH]c1cc(NS(=O)(=O)NC)ccc12. The van der Waals surface area contributed by atoms with Gasteiger partial charge in [-0.15, -0.1) is 0 Å². The minimum atomic E-state index is -3.50. The molecule has 3 rings (SSSR count). The molecule has 3 aromatic rings. The highest BCUT2D eigenvalue weighted by molar-refractivity contribution is 7.90. The maximum Gasteiger partial charge on any atom is 0.298 e. The molecule has 6 heteroatoms. The lowest BCUT2D eigenvalue weighted by Gasteiger charge is -2.06. The summed E-state index contributed by atoms with van der Waals surface area (Å²) in [6, 6.07) is 11.7. The standard InChI is InChI=1S/C15H17N3O2S/c1-3-10-5-4-6-13-12-8-7-11(18-21(19,20)16-2)9-14(12)17-15(10)13/h4-9,16-18H,3H2,1-2H3. The van der Waals surface area contributed by atoms with Gasteiger partial charge in [-0.1, -0.05) is 31.2 Å². The number of para-hydroxylation sites is 1. The molecular weight excluding hydrogens is 286 g/mol. The number of hydrogen-bond acceptors (Lipinski definition) is 2. The van der Waals surface area contributed by atoms with Crippen molar-refractivity contribution in [1.82, 2.24) is 9.71 Å². The molecule has 0 aliphatic heterocycles. The van der Waals surface area contributed by atoms with Crippen molar-refractivity contribution in [2.45, 2.75) is 13.3 Å².